The van der Waals surface area contributed by atoms with Crippen molar-refractivity contribution in [3.05, 3.63) is 23.5 Å². The average molecular weight is 149 g/mol. The molecule has 1 N–H and O–H groups in total. The van der Waals surface area contributed by atoms with E-state index in [1.807, 2.05) is 0 Å². The van der Waals surface area contributed by atoms with Gasteiger partial charge in [0.25, 0.3) is 0 Å². The van der Waals surface area contributed by atoms with Crippen LogP contribution in [0.1, 0.15) is 22.3 Å². The van der Waals surface area contributed by atoms with E-state index in [2.05, 4.69) is 4.98 Å². The summed E-state index contributed by atoms with van der Waals surface area (Å²) in [6.45, 7) is 0. The monoisotopic (exact) mass is 149 g/mol. The molecule has 0 saturated heterocycles. The molecule has 2 rings (SSSR count). The van der Waals surface area contributed by atoms with Crippen molar-refractivity contribution in [1.82, 2.24) is 4.98 Å². The van der Waals surface area contributed by atoms with Crippen molar-refractivity contribution in [2.45, 2.75) is 12.8 Å². The first-order chi connectivity index (χ1) is 5.29. The molecule has 1 aliphatic carbocycles. The van der Waals surface area contributed by atoms with Crippen LogP contribution in [0.2, 0.25) is 0 Å². The lowest BCUT2D eigenvalue weighted by atomic mass is 10.2. The molecule has 11 heavy (non-hydrogen) atoms. The molecule has 3 nitrogen and oxygen atoms in total. The second-order valence-electron chi connectivity index (χ2n) is 2.61. The van der Waals surface area contributed by atoms with Crippen LogP contribution in [0.3, 0.4) is 0 Å². The zero-order chi connectivity index (χ0) is 7.84. The van der Waals surface area contributed by atoms with Gasteiger partial charge in [-0.2, -0.15) is 0 Å². The third kappa shape index (κ3) is 0.808. The Morgan fingerprint density at radius 1 is 1.36 bits per heavy atom. The smallest absolute Gasteiger partial charge is 0.165 e. The van der Waals surface area contributed by atoms with E-state index in [0.29, 0.717) is 18.4 Å². The van der Waals surface area contributed by atoms with Gasteiger partial charge >= 0.3 is 0 Å². The Morgan fingerprint density at radius 3 is 2.91 bits per heavy atom. The fourth-order valence-corrected chi connectivity index (χ4v) is 1.35. The molecule has 1 aromatic rings. The van der Waals surface area contributed by atoms with Gasteiger partial charge in [-0.1, -0.05) is 0 Å². The van der Waals surface area contributed by atoms with E-state index in [9.17, 15) is 9.90 Å². The highest BCUT2D eigenvalue weighted by Gasteiger charge is 2.21. The molecule has 1 heterocycles. The third-order valence-corrected chi connectivity index (χ3v) is 1.94. The predicted molar refractivity (Wildman–Crippen MR) is 38.6 cm³/mol. The molecule has 0 saturated carbocycles. The summed E-state index contributed by atoms with van der Waals surface area (Å²) in [5.74, 6) is 0.233. The molecular formula is C8H7NO2. The molecule has 1 aromatic heterocycles. The minimum atomic E-state index is 0.0865. The number of carbonyl (C=O) groups excluding carboxylic acids is 1. The zero-order valence-electron chi connectivity index (χ0n) is 5.87. The molecule has 0 radical (unpaired) electrons. The standard InChI is InChI=1S/C8H7NO2/c10-7-2-1-5-6(7)3-9-4-8(5)11/h3-4,11H,1-2H2. The van der Waals surface area contributed by atoms with Crippen LogP contribution >= 0.6 is 0 Å². The van der Waals surface area contributed by atoms with Crippen LogP contribution in [0.5, 0.6) is 5.75 Å². The van der Waals surface area contributed by atoms with E-state index in [0.717, 1.165) is 5.56 Å². The summed E-state index contributed by atoms with van der Waals surface area (Å²) in [7, 11) is 0. The van der Waals surface area contributed by atoms with Crippen molar-refractivity contribution in [3.63, 3.8) is 0 Å². The molecule has 0 aromatic carbocycles. The van der Waals surface area contributed by atoms with Crippen molar-refractivity contribution in [1.29, 1.82) is 0 Å². The number of carbonyl (C=O) groups is 1. The number of fused-ring (bicyclic) bond motifs is 1. The van der Waals surface area contributed by atoms with Crippen LogP contribution in [-0.4, -0.2) is 15.9 Å². The van der Waals surface area contributed by atoms with Crippen molar-refractivity contribution in [2.75, 3.05) is 0 Å². The van der Waals surface area contributed by atoms with Crippen molar-refractivity contribution >= 4 is 5.78 Å². The highest BCUT2D eigenvalue weighted by Crippen LogP contribution is 2.27. The lowest BCUT2D eigenvalue weighted by Gasteiger charge is -1.97. The van der Waals surface area contributed by atoms with Gasteiger partial charge < -0.3 is 5.11 Å². The van der Waals surface area contributed by atoms with Gasteiger partial charge in [0, 0.05) is 23.7 Å². The Kier molecular flexibility index (Phi) is 1.18. The van der Waals surface area contributed by atoms with Crippen LogP contribution in [0, 0.1) is 0 Å². The van der Waals surface area contributed by atoms with Crippen LogP contribution in [0.25, 0.3) is 0 Å². The van der Waals surface area contributed by atoms with Gasteiger partial charge in [0.2, 0.25) is 0 Å². The van der Waals surface area contributed by atoms with Gasteiger partial charge in [0.1, 0.15) is 5.75 Å². The first-order valence-electron chi connectivity index (χ1n) is 3.48. The van der Waals surface area contributed by atoms with Gasteiger partial charge in [-0.3, -0.25) is 9.78 Å². The maximum atomic E-state index is 11.1. The molecule has 0 bridgehead atoms. The SMILES string of the molecule is O=C1CCc2c(O)cncc21. The van der Waals surface area contributed by atoms with Crippen molar-refractivity contribution < 1.29 is 9.90 Å². The Labute approximate surface area is 63.7 Å². The summed E-state index contributed by atoms with van der Waals surface area (Å²) in [4.78, 5) is 14.8. The molecule has 0 aliphatic heterocycles. The number of ketones is 1. The first kappa shape index (κ1) is 6.34. The maximum Gasteiger partial charge on any atom is 0.165 e. The van der Waals surface area contributed by atoms with Crippen LogP contribution in [-0.2, 0) is 6.42 Å². The minimum absolute atomic E-state index is 0.0865. The summed E-state index contributed by atoms with van der Waals surface area (Å²) >= 11 is 0. The third-order valence-electron chi connectivity index (χ3n) is 1.94. The number of Topliss-reactive ketones (excluding diaryl/α,β-unsaturated/α-hetero) is 1. The van der Waals surface area contributed by atoms with E-state index in [1.165, 1.54) is 12.4 Å². The van der Waals surface area contributed by atoms with Crippen molar-refractivity contribution in [3.8, 4) is 5.75 Å². The van der Waals surface area contributed by atoms with Gasteiger partial charge in [-0.15, -0.1) is 0 Å². The Bertz CT molecular complexity index is 320. The molecular weight excluding hydrogens is 142 g/mol. The molecule has 0 unspecified atom stereocenters. The quantitative estimate of drug-likeness (QED) is 0.596. The molecule has 0 atom stereocenters. The minimum Gasteiger partial charge on any atom is -0.506 e. The molecule has 1 aliphatic rings. The maximum absolute atomic E-state index is 11.1. The van der Waals surface area contributed by atoms with E-state index in [-0.39, 0.29) is 11.5 Å². The Balaban J connectivity index is 2.66. The Morgan fingerprint density at radius 2 is 2.18 bits per heavy atom. The number of hydrogen-bond acceptors (Lipinski definition) is 3. The van der Waals surface area contributed by atoms with Crippen molar-refractivity contribution in [2.24, 2.45) is 0 Å². The molecule has 0 fully saturated rings. The summed E-state index contributed by atoms with van der Waals surface area (Å²) in [6, 6.07) is 0. The van der Waals surface area contributed by atoms with Crippen LogP contribution in [0.15, 0.2) is 12.4 Å². The highest BCUT2D eigenvalue weighted by molar-refractivity contribution is 6.00. The normalized spacial score (nSPS) is 15.1. The van der Waals surface area contributed by atoms with Gasteiger partial charge in [0.05, 0.1) is 6.20 Å². The first-order valence-corrected chi connectivity index (χ1v) is 3.48. The van der Waals surface area contributed by atoms with Gasteiger partial charge in [0.15, 0.2) is 5.78 Å². The number of aromatic nitrogens is 1. The summed E-state index contributed by atoms with van der Waals surface area (Å²) in [6.07, 6.45) is 4.05. The molecule has 56 valence electrons. The number of nitrogens with zero attached hydrogens (tertiary/aromatic N) is 1. The summed E-state index contributed by atoms with van der Waals surface area (Å²) < 4.78 is 0. The highest BCUT2D eigenvalue weighted by atomic mass is 16.3. The lowest BCUT2D eigenvalue weighted by molar-refractivity contribution is 0.0994. The fraction of sp³-hybridized carbons (Fsp3) is 0.250. The van der Waals surface area contributed by atoms with E-state index in [1.54, 1.807) is 0 Å². The van der Waals surface area contributed by atoms with E-state index in [4.69, 9.17) is 0 Å². The predicted octanol–water partition coefficient (Wildman–Crippen LogP) is 0.916. The molecule has 3 heteroatoms. The zero-order valence-corrected chi connectivity index (χ0v) is 5.87. The lowest BCUT2D eigenvalue weighted by Crippen LogP contribution is -1.91. The van der Waals surface area contributed by atoms with Crippen LogP contribution in [0.4, 0.5) is 0 Å². The second kappa shape index (κ2) is 2.05. The second-order valence-corrected chi connectivity index (χ2v) is 2.61. The fourth-order valence-electron chi connectivity index (χ4n) is 1.35. The number of pyridine rings is 1. The Hall–Kier alpha value is -1.38. The molecule has 0 amide bonds. The van der Waals surface area contributed by atoms with E-state index >= 15 is 0 Å². The van der Waals surface area contributed by atoms with E-state index < -0.39 is 0 Å². The number of aromatic hydroxyl groups is 1. The van der Waals surface area contributed by atoms with Gasteiger partial charge in [-0.05, 0) is 6.42 Å². The summed E-state index contributed by atoms with van der Waals surface area (Å²) in [5, 5.41) is 9.23. The molecule has 0 spiro atoms. The van der Waals surface area contributed by atoms with Gasteiger partial charge in [-0.25, -0.2) is 0 Å². The number of rotatable bonds is 0. The number of hydrogen-bond donors (Lipinski definition) is 1. The van der Waals surface area contributed by atoms with Crippen LogP contribution < -0.4 is 0 Å². The largest absolute Gasteiger partial charge is 0.506 e. The topological polar surface area (TPSA) is 50.2 Å². The summed E-state index contributed by atoms with van der Waals surface area (Å²) in [5.41, 5.74) is 1.34. The average Bonchev–Trinajstić information content (AvgIpc) is 2.35.